The second-order valence-electron chi connectivity index (χ2n) is 7.66. The van der Waals surface area contributed by atoms with Gasteiger partial charge in [0.05, 0.1) is 0 Å². The number of rotatable bonds is 6. The number of nitrogens with zero attached hydrogens (tertiary/aromatic N) is 1. The highest BCUT2D eigenvalue weighted by Gasteiger charge is 2.23. The van der Waals surface area contributed by atoms with Gasteiger partial charge in [-0.25, -0.2) is 4.79 Å². The molecular formula is C19H31N3O2. The summed E-state index contributed by atoms with van der Waals surface area (Å²) in [6, 6.07) is 11.1. The quantitative estimate of drug-likeness (QED) is 0.840. The molecule has 0 spiro atoms. The molecule has 1 saturated heterocycles. The van der Waals surface area contributed by atoms with Crippen LogP contribution in [0.15, 0.2) is 30.3 Å². The van der Waals surface area contributed by atoms with Crippen molar-refractivity contribution in [1.29, 1.82) is 0 Å². The molecular weight excluding hydrogens is 302 g/mol. The van der Waals surface area contributed by atoms with E-state index in [0.29, 0.717) is 6.04 Å². The number of hydrogen-bond donors (Lipinski definition) is 2. The minimum atomic E-state index is -0.458. The van der Waals surface area contributed by atoms with Crippen molar-refractivity contribution in [2.24, 2.45) is 0 Å². The molecule has 134 valence electrons. The highest BCUT2D eigenvalue weighted by molar-refractivity contribution is 5.68. The molecule has 2 rings (SSSR count). The molecule has 1 aromatic rings. The van der Waals surface area contributed by atoms with Crippen LogP contribution >= 0.6 is 0 Å². The molecule has 1 aliphatic rings. The summed E-state index contributed by atoms with van der Waals surface area (Å²) >= 11 is 0. The monoisotopic (exact) mass is 333 g/mol. The highest BCUT2D eigenvalue weighted by atomic mass is 16.6. The zero-order chi connectivity index (χ0) is 17.6. The zero-order valence-corrected chi connectivity index (χ0v) is 15.3. The van der Waals surface area contributed by atoms with Gasteiger partial charge in [-0.15, -0.1) is 0 Å². The molecule has 0 bridgehead atoms. The van der Waals surface area contributed by atoms with Crippen molar-refractivity contribution in [1.82, 2.24) is 15.5 Å². The minimum absolute atomic E-state index is 0.0445. The Bertz CT molecular complexity index is 513. The molecule has 1 aliphatic heterocycles. The summed E-state index contributed by atoms with van der Waals surface area (Å²) in [5.74, 6) is 0. The number of hydrogen-bond acceptors (Lipinski definition) is 4. The lowest BCUT2D eigenvalue weighted by Gasteiger charge is -2.23. The van der Waals surface area contributed by atoms with Crippen LogP contribution < -0.4 is 10.6 Å². The predicted molar refractivity (Wildman–Crippen MR) is 97.0 cm³/mol. The summed E-state index contributed by atoms with van der Waals surface area (Å²) in [7, 11) is 0. The lowest BCUT2D eigenvalue weighted by atomic mass is 10.2. The van der Waals surface area contributed by atoms with Gasteiger partial charge in [-0.05, 0) is 39.7 Å². The van der Waals surface area contributed by atoms with E-state index in [1.807, 2.05) is 27.7 Å². The number of likely N-dealkylation sites (tertiary alicyclic amines) is 1. The molecule has 5 nitrogen and oxygen atoms in total. The number of alkyl carbamates (subject to hydrolysis) is 1. The van der Waals surface area contributed by atoms with Gasteiger partial charge in [-0.2, -0.15) is 0 Å². The topological polar surface area (TPSA) is 53.6 Å². The van der Waals surface area contributed by atoms with Crippen LogP contribution in [0.3, 0.4) is 0 Å². The van der Waals surface area contributed by atoms with Gasteiger partial charge in [0.15, 0.2) is 0 Å². The molecule has 2 atom stereocenters. The third-order valence-corrected chi connectivity index (χ3v) is 4.00. The first-order valence-corrected chi connectivity index (χ1v) is 8.81. The van der Waals surface area contributed by atoms with Crippen LogP contribution in [0.1, 0.15) is 39.7 Å². The first-order valence-electron chi connectivity index (χ1n) is 8.81. The van der Waals surface area contributed by atoms with E-state index < -0.39 is 5.60 Å². The van der Waals surface area contributed by atoms with Crippen molar-refractivity contribution < 1.29 is 9.53 Å². The van der Waals surface area contributed by atoms with Gasteiger partial charge in [-0.1, -0.05) is 30.3 Å². The van der Waals surface area contributed by atoms with E-state index in [1.54, 1.807) is 0 Å². The van der Waals surface area contributed by atoms with Crippen molar-refractivity contribution >= 4 is 6.09 Å². The van der Waals surface area contributed by atoms with Gasteiger partial charge in [-0.3, -0.25) is 4.90 Å². The molecule has 0 aromatic heterocycles. The maximum absolute atomic E-state index is 11.8. The fraction of sp³-hybridized carbons (Fsp3) is 0.632. The first-order chi connectivity index (χ1) is 11.3. The Balaban J connectivity index is 1.65. The Labute approximate surface area is 145 Å². The second-order valence-corrected chi connectivity index (χ2v) is 7.66. The average molecular weight is 333 g/mol. The number of carbonyl (C=O) groups excluding carboxylic acids is 1. The molecule has 2 unspecified atom stereocenters. The third kappa shape index (κ3) is 6.89. The summed E-state index contributed by atoms with van der Waals surface area (Å²) in [5, 5.41) is 6.43. The maximum Gasteiger partial charge on any atom is 0.407 e. The van der Waals surface area contributed by atoms with Crippen molar-refractivity contribution in [3.05, 3.63) is 35.9 Å². The van der Waals surface area contributed by atoms with Crippen LogP contribution in [0.5, 0.6) is 0 Å². The molecule has 1 aromatic carbocycles. The van der Waals surface area contributed by atoms with Crippen molar-refractivity contribution in [3.63, 3.8) is 0 Å². The highest BCUT2D eigenvalue weighted by Crippen LogP contribution is 2.13. The van der Waals surface area contributed by atoms with E-state index in [2.05, 4.69) is 45.9 Å². The zero-order valence-electron chi connectivity index (χ0n) is 15.3. The van der Waals surface area contributed by atoms with Gasteiger partial charge < -0.3 is 15.4 Å². The van der Waals surface area contributed by atoms with E-state index in [-0.39, 0.29) is 12.1 Å². The smallest absolute Gasteiger partial charge is 0.407 e. The van der Waals surface area contributed by atoms with Gasteiger partial charge in [0, 0.05) is 38.3 Å². The fourth-order valence-electron chi connectivity index (χ4n) is 2.89. The number of benzene rings is 1. The van der Waals surface area contributed by atoms with Crippen molar-refractivity contribution in [3.8, 4) is 0 Å². The Kier molecular flexibility index (Phi) is 6.63. The molecule has 0 saturated carbocycles. The molecule has 1 amide bonds. The SMILES string of the molecule is CC(CNC1CCN(Cc2ccccc2)C1)NC(=O)OC(C)(C)C. The molecule has 0 aliphatic carbocycles. The van der Waals surface area contributed by atoms with E-state index in [4.69, 9.17) is 4.74 Å². The number of nitrogens with one attached hydrogen (secondary N) is 2. The number of carbonyl (C=O) groups is 1. The van der Waals surface area contributed by atoms with Crippen molar-refractivity contribution in [2.75, 3.05) is 19.6 Å². The summed E-state index contributed by atoms with van der Waals surface area (Å²) < 4.78 is 5.28. The lowest BCUT2D eigenvalue weighted by molar-refractivity contribution is 0.0507. The second kappa shape index (κ2) is 8.49. The minimum Gasteiger partial charge on any atom is -0.444 e. The normalized spacial score (nSPS) is 19.9. The summed E-state index contributed by atoms with van der Waals surface area (Å²) in [6.07, 6.45) is 0.792. The van der Waals surface area contributed by atoms with Crippen LogP contribution in [0.25, 0.3) is 0 Å². The summed E-state index contributed by atoms with van der Waals surface area (Å²) in [5.41, 5.74) is 0.902. The van der Waals surface area contributed by atoms with Crippen molar-refractivity contribution in [2.45, 2.75) is 58.3 Å². The Morgan fingerprint density at radius 1 is 1.33 bits per heavy atom. The number of amides is 1. The molecule has 0 radical (unpaired) electrons. The largest absolute Gasteiger partial charge is 0.444 e. The predicted octanol–water partition coefficient (Wildman–Crippen LogP) is 2.76. The molecule has 5 heteroatoms. The van der Waals surface area contributed by atoms with Crippen LogP contribution in [0, 0.1) is 0 Å². The van der Waals surface area contributed by atoms with E-state index >= 15 is 0 Å². The Morgan fingerprint density at radius 2 is 2.04 bits per heavy atom. The van der Waals surface area contributed by atoms with E-state index in [1.165, 1.54) is 5.56 Å². The molecule has 1 heterocycles. The lowest BCUT2D eigenvalue weighted by Crippen LogP contribution is -2.45. The first kappa shape index (κ1) is 18.7. The maximum atomic E-state index is 11.8. The Morgan fingerprint density at radius 3 is 2.71 bits per heavy atom. The number of ether oxygens (including phenoxy) is 1. The van der Waals surface area contributed by atoms with Crippen LogP contribution in [-0.4, -0.2) is 48.3 Å². The van der Waals surface area contributed by atoms with Gasteiger partial charge in [0.25, 0.3) is 0 Å². The standard InChI is InChI=1S/C19H31N3O2/c1-15(21-18(23)24-19(2,3)4)12-20-17-10-11-22(14-17)13-16-8-6-5-7-9-16/h5-9,15,17,20H,10-14H2,1-4H3,(H,21,23). The van der Waals surface area contributed by atoms with Crippen LogP contribution in [0.2, 0.25) is 0 Å². The van der Waals surface area contributed by atoms with Gasteiger partial charge in [0.1, 0.15) is 5.60 Å². The van der Waals surface area contributed by atoms with Crippen LogP contribution in [0.4, 0.5) is 4.79 Å². The fourth-order valence-corrected chi connectivity index (χ4v) is 2.89. The molecule has 24 heavy (non-hydrogen) atoms. The third-order valence-electron chi connectivity index (χ3n) is 4.00. The average Bonchev–Trinajstić information content (AvgIpc) is 2.91. The Hall–Kier alpha value is -1.59. The van der Waals surface area contributed by atoms with Gasteiger partial charge >= 0.3 is 6.09 Å². The van der Waals surface area contributed by atoms with Crippen LogP contribution in [-0.2, 0) is 11.3 Å². The van der Waals surface area contributed by atoms with E-state index in [9.17, 15) is 4.79 Å². The molecule has 1 fully saturated rings. The van der Waals surface area contributed by atoms with E-state index in [0.717, 1.165) is 32.6 Å². The molecule has 2 N–H and O–H groups in total. The summed E-state index contributed by atoms with van der Waals surface area (Å²) in [4.78, 5) is 14.2. The summed E-state index contributed by atoms with van der Waals surface area (Å²) in [6.45, 7) is 11.5. The van der Waals surface area contributed by atoms with Gasteiger partial charge in [0.2, 0.25) is 0 Å².